The monoisotopic (exact) mass is 346 g/mol. The third-order valence-electron chi connectivity index (χ3n) is 3.56. The van der Waals surface area contributed by atoms with Crippen LogP contribution in [0.5, 0.6) is 0 Å². The minimum Gasteiger partial charge on any atom is -0.340 e. The van der Waals surface area contributed by atoms with E-state index in [2.05, 4.69) is 15.4 Å². The van der Waals surface area contributed by atoms with Gasteiger partial charge in [0.15, 0.2) is 0 Å². The maximum absolute atomic E-state index is 13.2. The van der Waals surface area contributed by atoms with E-state index in [1.165, 1.54) is 18.2 Å². The smallest absolute Gasteiger partial charge is 0.333 e. The minimum atomic E-state index is -2.82. The Bertz CT molecular complexity index is 850. The summed E-state index contributed by atoms with van der Waals surface area (Å²) in [5.74, 6) is -1.02. The highest BCUT2D eigenvalue weighted by Crippen LogP contribution is 2.22. The molecule has 5 nitrogen and oxygen atoms in total. The second kappa shape index (κ2) is 7.16. The van der Waals surface area contributed by atoms with Crippen LogP contribution in [0.4, 0.5) is 13.2 Å². The van der Waals surface area contributed by atoms with Gasteiger partial charge >= 0.3 is 6.55 Å². The fourth-order valence-electron chi connectivity index (χ4n) is 2.34. The predicted octanol–water partition coefficient (Wildman–Crippen LogP) is 3.33. The number of aromatic nitrogens is 3. The van der Waals surface area contributed by atoms with E-state index in [1.54, 1.807) is 36.7 Å². The Morgan fingerprint density at radius 3 is 2.24 bits per heavy atom. The van der Waals surface area contributed by atoms with Gasteiger partial charge in [0.1, 0.15) is 11.5 Å². The number of nitrogens with zero attached hydrogens (tertiary/aromatic N) is 3. The number of carbonyl (C=O) groups is 1. The van der Waals surface area contributed by atoms with Crippen LogP contribution in [0, 0.1) is 5.82 Å². The van der Waals surface area contributed by atoms with Gasteiger partial charge in [0.2, 0.25) is 0 Å². The predicted molar refractivity (Wildman–Crippen MR) is 83.4 cm³/mol. The second-order valence-corrected chi connectivity index (χ2v) is 5.20. The molecular formula is C17H13F3N4O. The van der Waals surface area contributed by atoms with Crippen LogP contribution in [0.2, 0.25) is 0 Å². The molecule has 128 valence electrons. The quantitative estimate of drug-likeness (QED) is 0.771. The van der Waals surface area contributed by atoms with Crippen molar-refractivity contribution in [3.05, 3.63) is 83.7 Å². The van der Waals surface area contributed by atoms with Crippen molar-refractivity contribution in [3.63, 3.8) is 0 Å². The number of carbonyl (C=O) groups excluding carboxylic acids is 1. The Balaban J connectivity index is 1.89. The van der Waals surface area contributed by atoms with E-state index >= 15 is 0 Å². The lowest BCUT2D eigenvalue weighted by atomic mass is 9.99. The SMILES string of the molecule is O=C(NC(c1ccncc1)c1ccc(F)cc1)c1ccn(C(F)F)n1. The summed E-state index contributed by atoms with van der Waals surface area (Å²) < 4.78 is 38.8. The van der Waals surface area contributed by atoms with E-state index in [9.17, 15) is 18.0 Å². The Kier molecular flexibility index (Phi) is 4.78. The molecule has 0 spiro atoms. The molecule has 3 rings (SSSR count). The van der Waals surface area contributed by atoms with Crippen LogP contribution in [-0.4, -0.2) is 20.7 Å². The highest BCUT2D eigenvalue weighted by atomic mass is 19.3. The fourth-order valence-corrected chi connectivity index (χ4v) is 2.34. The van der Waals surface area contributed by atoms with Crippen molar-refractivity contribution in [2.45, 2.75) is 12.6 Å². The van der Waals surface area contributed by atoms with Gasteiger partial charge in [-0.2, -0.15) is 13.9 Å². The summed E-state index contributed by atoms with van der Waals surface area (Å²) >= 11 is 0. The van der Waals surface area contributed by atoms with Gasteiger partial charge in [0, 0.05) is 18.6 Å². The van der Waals surface area contributed by atoms with Crippen molar-refractivity contribution in [2.24, 2.45) is 0 Å². The van der Waals surface area contributed by atoms with Gasteiger partial charge in [-0.3, -0.25) is 9.78 Å². The zero-order chi connectivity index (χ0) is 17.8. The first-order valence-corrected chi connectivity index (χ1v) is 7.34. The molecule has 25 heavy (non-hydrogen) atoms. The fraction of sp³-hybridized carbons (Fsp3) is 0.118. The number of alkyl halides is 2. The molecule has 0 aliphatic heterocycles. The highest BCUT2D eigenvalue weighted by molar-refractivity contribution is 5.92. The van der Waals surface area contributed by atoms with Crippen LogP contribution in [0.25, 0.3) is 0 Å². The molecule has 1 atom stereocenters. The van der Waals surface area contributed by atoms with Crippen LogP contribution in [-0.2, 0) is 0 Å². The molecule has 0 radical (unpaired) electrons. The van der Waals surface area contributed by atoms with Crippen LogP contribution < -0.4 is 5.32 Å². The van der Waals surface area contributed by atoms with Crippen molar-refractivity contribution in [3.8, 4) is 0 Å². The molecule has 1 unspecified atom stereocenters. The normalized spacial score (nSPS) is 12.2. The number of hydrogen-bond acceptors (Lipinski definition) is 3. The molecule has 0 aliphatic rings. The van der Waals surface area contributed by atoms with Crippen molar-refractivity contribution < 1.29 is 18.0 Å². The molecule has 1 amide bonds. The average molecular weight is 346 g/mol. The van der Waals surface area contributed by atoms with Gasteiger partial charge in [0.25, 0.3) is 5.91 Å². The van der Waals surface area contributed by atoms with E-state index in [-0.39, 0.29) is 5.69 Å². The topological polar surface area (TPSA) is 59.8 Å². The molecule has 1 aromatic carbocycles. The number of pyridine rings is 1. The Morgan fingerprint density at radius 1 is 1.00 bits per heavy atom. The van der Waals surface area contributed by atoms with Crippen molar-refractivity contribution in [2.75, 3.05) is 0 Å². The molecule has 2 aromatic heterocycles. The maximum Gasteiger partial charge on any atom is 0.333 e. The van der Waals surface area contributed by atoms with Gasteiger partial charge in [-0.05, 0) is 41.5 Å². The number of amides is 1. The van der Waals surface area contributed by atoms with Crippen LogP contribution >= 0.6 is 0 Å². The Hall–Kier alpha value is -3.16. The first kappa shape index (κ1) is 16.7. The van der Waals surface area contributed by atoms with E-state index in [0.717, 1.165) is 6.20 Å². The first-order valence-electron chi connectivity index (χ1n) is 7.34. The lowest BCUT2D eigenvalue weighted by Crippen LogP contribution is -2.29. The molecule has 0 aliphatic carbocycles. The van der Waals surface area contributed by atoms with E-state index in [1.807, 2.05) is 0 Å². The van der Waals surface area contributed by atoms with Gasteiger partial charge < -0.3 is 5.32 Å². The van der Waals surface area contributed by atoms with Gasteiger partial charge in [0.05, 0.1) is 6.04 Å². The lowest BCUT2D eigenvalue weighted by Gasteiger charge is -2.19. The largest absolute Gasteiger partial charge is 0.340 e. The molecule has 0 fully saturated rings. The van der Waals surface area contributed by atoms with Crippen LogP contribution in [0.1, 0.15) is 34.2 Å². The maximum atomic E-state index is 13.2. The standard InChI is InChI=1S/C17H13F3N4O/c18-13-3-1-11(2-4-13)15(12-5-8-21-9-6-12)22-16(25)14-7-10-24(23-14)17(19)20/h1-10,15,17H,(H,22,25). The second-order valence-electron chi connectivity index (χ2n) is 5.20. The van der Waals surface area contributed by atoms with Crippen molar-refractivity contribution in [1.82, 2.24) is 20.1 Å². The molecule has 1 N–H and O–H groups in total. The summed E-state index contributed by atoms with van der Waals surface area (Å²) in [4.78, 5) is 16.3. The zero-order valence-electron chi connectivity index (χ0n) is 12.8. The third kappa shape index (κ3) is 3.85. The summed E-state index contributed by atoms with van der Waals surface area (Å²) in [6, 6.07) is 9.64. The number of halogens is 3. The Morgan fingerprint density at radius 2 is 1.64 bits per heavy atom. The number of benzene rings is 1. The summed E-state index contributed by atoms with van der Waals surface area (Å²) in [5.41, 5.74) is 1.21. The van der Waals surface area contributed by atoms with Gasteiger partial charge in [-0.1, -0.05) is 12.1 Å². The van der Waals surface area contributed by atoms with E-state index < -0.39 is 24.3 Å². The average Bonchev–Trinajstić information content (AvgIpc) is 3.12. The number of rotatable bonds is 5. The summed E-state index contributed by atoms with van der Waals surface area (Å²) in [7, 11) is 0. The molecule has 8 heteroatoms. The molecule has 0 saturated carbocycles. The molecular weight excluding hydrogens is 333 g/mol. The molecule has 0 bridgehead atoms. The summed E-state index contributed by atoms with van der Waals surface area (Å²) in [6.45, 7) is -2.82. The van der Waals surface area contributed by atoms with Gasteiger partial charge in [-0.15, -0.1) is 0 Å². The molecule has 2 heterocycles. The summed E-state index contributed by atoms with van der Waals surface area (Å²) in [5, 5.41) is 6.27. The zero-order valence-corrected chi connectivity index (χ0v) is 12.8. The third-order valence-corrected chi connectivity index (χ3v) is 3.56. The van der Waals surface area contributed by atoms with Crippen LogP contribution in [0.3, 0.4) is 0 Å². The number of hydrogen-bond donors (Lipinski definition) is 1. The van der Waals surface area contributed by atoms with Gasteiger partial charge in [-0.25, -0.2) is 9.07 Å². The van der Waals surface area contributed by atoms with E-state index in [0.29, 0.717) is 15.8 Å². The number of nitrogens with one attached hydrogen (secondary N) is 1. The molecule has 3 aromatic rings. The molecule has 0 saturated heterocycles. The van der Waals surface area contributed by atoms with Crippen molar-refractivity contribution in [1.29, 1.82) is 0 Å². The van der Waals surface area contributed by atoms with Crippen molar-refractivity contribution >= 4 is 5.91 Å². The van der Waals surface area contributed by atoms with Crippen LogP contribution in [0.15, 0.2) is 61.1 Å². The summed E-state index contributed by atoms with van der Waals surface area (Å²) in [6.07, 6.45) is 4.14. The highest BCUT2D eigenvalue weighted by Gasteiger charge is 2.20. The Labute approximate surface area is 141 Å². The minimum absolute atomic E-state index is 0.138. The van der Waals surface area contributed by atoms with E-state index in [4.69, 9.17) is 0 Å². The first-order chi connectivity index (χ1) is 12.0. The lowest BCUT2D eigenvalue weighted by molar-refractivity contribution is 0.0559.